The Morgan fingerprint density at radius 3 is 2.50 bits per heavy atom. The van der Waals surface area contributed by atoms with E-state index in [2.05, 4.69) is 0 Å². The molecule has 0 atom stereocenters. The Hall–Kier alpha value is -1.59. The number of carbonyl (C=O) groups excluding carboxylic acids is 2. The van der Waals surface area contributed by atoms with Gasteiger partial charge in [-0.1, -0.05) is 29.8 Å². The monoisotopic (exact) mass is 317 g/mol. The highest BCUT2D eigenvalue weighted by Crippen LogP contribution is 2.31. The number of nitrogens with zero attached hydrogens (tertiary/aromatic N) is 1. The molecule has 0 bridgehead atoms. The number of hydrogen-bond donors (Lipinski definition) is 1. The van der Waals surface area contributed by atoms with E-state index < -0.39 is 0 Å². The molecule has 2 aliphatic heterocycles. The summed E-state index contributed by atoms with van der Waals surface area (Å²) in [5, 5.41) is -0.138. The summed E-state index contributed by atoms with van der Waals surface area (Å²) in [6, 6.07) is 7.96. The van der Waals surface area contributed by atoms with E-state index in [-0.39, 0.29) is 11.1 Å². The Morgan fingerprint density at radius 2 is 1.82 bits per heavy atom. The second-order valence-corrected chi connectivity index (χ2v) is 6.98. The van der Waals surface area contributed by atoms with Crippen LogP contribution in [0.25, 0.3) is 6.08 Å². The van der Waals surface area contributed by atoms with Crippen molar-refractivity contribution in [3.63, 3.8) is 0 Å². The lowest BCUT2D eigenvalue weighted by molar-refractivity contribution is -0.912. The number of hydrogen-bond acceptors (Lipinski definition) is 3. The third kappa shape index (κ3) is 3.42. The van der Waals surface area contributed by atoms with Gasteiger partial charge in [-0.25, -0.2) is 4.90 Å². The molecule has 0 saturated carbocycles. The van der Waals surface area contributed by atoms with Gasteiger partial charge in [0.1, 0.15) is 0 Å². The number of rotatable bonds is 3. The van der Waals surface area contributed by atoms with Gasteiger partial charge in [-0.15, -0.1) is 0 Å². The van der Waals surface area contributed by atoms with Crippen LogP contribution in [0.15, 0.2) is 29.2 Å². The molecule has 4 nitrogen and oxygen atoms in total. The van der Waals surface area contributed by atoms with E-state index in [0.717, 1.165) is 30.4 Å². The summed E-state index contributed by atoms with van der Waals surface area (Å²) in [5.74, 6) is -0.145. The van der Waals surface area contributed by atoms with E-state index in [9.17, 15) is 9.59 Å². The normalized spacial score (nSPS) is 21.9. The number of amides is 2. The lowest BCUT2D eigenvalue weighted by Gasteiger charge is -2.26. The van der Waals surface area contributed by atoms with E-state index in [1.807, 2.05) is 37.3 Å². The zero-order chi connectivity index (χ0) is 15.5. The molecule has 5 heteroatoms. The van der Waals surface area contributed by atoms with Crippen molar-refractivity contribution in [1.29, 1.82) is 0 Å². The van der Waals surface area contributed by atoms with Crippen molar-refractivity contribution in [2.45, 2.75) is 26.2 Å². The molecule has 1 aromatic rings. The van der Waals surface area contributed by atoms with Crippen molar-refractivity contribution in [3.05, 3.63) is 40.3 Å². The number of likely N-dealkylation sites (tertiary alicyclic amines) is 1. The summed E-state index contributed by atoms with van der Waals surface area (Å²) in [7, 11) is 0. The molecule has 0 unspecified atom stereocenters. The molecular formula is C17H21N2O2S+. The van der Waals surface area contributed by atoms with E-state index in [4.69, 9.17) is 0 Å². The van der Waals surface area contributed by atoms with Gasteiger partial charge in [-0.05, 0) is 49.6 Å². The first-order chi connectivity index (χ1) is 10.6. The smallest absolute Gasteiger partial charge is 0.298 e. The molecule has 2 saturated heterocycles. The molecule has 1 aromatic carbocycles. The summed E-state index contributed by atoms with van der Waals surface area (Å²) in [5.41, 5.74) is 2.14. The molecule has 0 aromatic heterocycles. The number of carbonyl (C=O) groups is 2. The molecule has 0 spiro atoms. The van der Waals surface area contributed by atoms with Crippen LogP contribution in [0, 0.1) is 6.92 Å². The Bertz CT molecular complexity index is 604. The SMILES string of the molecule is Cc1ccc(/C=C2/SC(=O)N(C[NH+]3CCCCC3)C2=O)cc1. The maximum absolute atomic E-state index is 12.5. The largest absolute Gasteiger partial charge is 0.317 e. The number of benzene rings is 1. The van der Waals surface area contributed by atoms with Gasteiger partial charge in [0.25, 0.3) is 11.1 Å². The number of nitrogens with one attached hydrogen (secondary N) is 1. The van der Waals surface area contributed by atoms with Gasteiger partial charge >= 0.3 is 0 Å². The predicted octanol–water partition coefficient (Wildman–Crippen LogP) is 2.06. The van der Waals surface area contributed by atoms with Gasteiger partial charge < -0.3 is 4.90 Å². The van der Waals surface area contributed by atoms with Crippen LogP contribution in [0.5, 0.6) is 0 Å². The zero-order valence-corrected chi connectivity index (χ0v) is 13.6. The van der Waals surface area contributed by atoms with Gasteiger partial charge in [-0.3, -0.25) is 9.59 Å². The fraction of sp³-hybridized carbons (Fsp3) is 0.412. The lowest BCUT2D eigenvalue weighted by Crippen LogP contribution is -3.14. The van der Waals surface area contributed by atoms with Crippen molar-refractivity contribution in [1.82, 2.24) is 4.90 Å². The minimum absolute atomic E-state index is 0.138. The third-order valence-corrected chi connectivity index (χ3v) is 5.10. The molecule has 2 aliphatic rings. The van der Waals surface area contributed by atoms with Crippen LogP contribution in [0.4, 0.5) is 4.79 Å². The molecule has 2 amide bonds. The molecule has 3 rings (SSSR count). The Labute approximate surface area is 135 Å². The maximum Gasteiger partial charge on any atom is 0.298 e. The highest BCUT2D eigenvalue weighted by molar-refractivity contribution is 8.18. The third-order valence-electron chi connectivity index (χ3n) is 4.19. The van der Waals surface area contributed by atoms with Crippen LogP contribution >= 0.6 is 11.8 Å². The minimum atomic E-state index is -0.145. The molecular weight excluding hydrogens is 296 g/mol. The Balaban J connectivity index is 1.71. The first-order valence-electron chi connectivity index (χ1n) is 7.79. The Kier molecular flexibility index (Phi) is 4.64. The van der Waals surface area contributed by atoms with Crippen LogP contribution in [-0.4, -0.2) is 35.8 Å². The van der Waals surface area contributed by atoms with Crippen molar-refractivity contribution >= 4 is 29.0 Å². The molecule has 2 heterocycles. The Morgan fingerprint density at radius 1 is 1.14 bits per heavy atom. The highest BCUT2D eigenvalue weighted by Gasteiger charge is 2.37. The van der Waals surface area contributed by atoms with Crippen LogP contribution in [0.3, 0.4) is 0 Å². The number of aryl methyl sites for hydroxylation is 1. The fourth-order valence-electron chi connectivity index (χ4n) is 2.88. The molecule has 0 radical (unpaired) electrons. The second kappa shape index (κ2) is 6.67. The summed E-state index contributed by atoms with van der Waals surface area (Å²) in [6.07, 6.45) is 5.45. The van der Waals surface area contributed by atoms with Crippen LogP contribution < -0.4 is 4.90 Å². The molecule has 22 heavy (non-hydrogen) atoms. The van der Waals surface area contributed by atoms with Crippen molar-refractivity contribution in [2.75, 3.05) is 19.8 Å². The van der Waals surface area contributed by atoms with Crippen LogP contribution in [0.2, 0.25) is 0 Å². The topological polar surface area (TPSA) is 41.8 Å². The van der Waals surface area contributed by atoms with E-state index >= 15 is 0 Å². The number of piperidine rings is 1. The molecule has 116 valence electrons. The van der Waals surface area contributed by atoms with Gasteiger partial charge in [0.15, 0.2) is 6.67 Å². The summed E-state index contributed by atoms with van der Waals surface area (Å²) >= 11 is 1.05. The van der Waals surface area contributed by atoms with E-state index in [1.165, 1.54) is 34.6 Å². The van der Waals surface area contributed by atoms with Crippen molar-refractivity contribution in [2.24, 2.45) is 0 Å². The fourth-order valence-corrected chi connectivity index (χ4v) is 3.72. The van der Waals surface area contributed by atoms with E-state index in [0.29, 0.717) is 11.6 Å². The minimum Gasteiger partial charge on any atom is -0.317 e. The van der Waals surface area contributed by atoms with Crippen LogP contribution in [-0.2, 0) is 4.79 Å². The second-order valence-electron chi connectivity index (χ2n) is 5.99. The van der Waals surface area contributed by atoms with Crippen molar-refractivity contribution < 1.29 is 14.5 Å². The number of thioether (sulfide) groups is 1. The van der Waals surface area contributed by atoms with Gasteiger partial charge in [0.05, 0.1) is 18.0 Å². The predicted molar refractivity (Wildman–Crippen MR) is 88.4 cm³/mol. The first-order valence-corrected chi connectivity index (χ1v) is 8.61. The van der Waals surface area contributed by atoms with Crippen LogP contribution in [0.1, 0.15) is 30.4 Å². The highest BCUT2D eigenvalue weighted by atomic mass is 32.2. The lowest BCUT2D eigenvalue weighted by atomic mass is 10.1. The number of imide groups is 1. The summed E-state index contributed by atoms with van der Waals surface area (Å²) in [6.45, 7) is 4.65. The van der Waals surface area contributed by atoms with Gasteiger partial charge in [0, 0.05) is 0 Å². The molecule has 1 N–H and O–H groups in total. The zero-order valence-electron chi connectivity index (χ0n) is 12.8. The maximum atomic E-state index is 12.5. The quantitative estimate of drug-likeness (QED) is 0.868. The summed E-state index contributed by atoms with van der Waals surface area (Å²) in [4.78, 5) is 27.9. The van der Waals surface area contributed by atoms with E-state index in [1.54, 1.807) is 0 Å². The first kappa shape index (κ1) is 15.3. The van der Waals surface area contributed by atoms with Crippen molar-refractivity contribution in [3.8, 4) is 0 Å². The summed E-state index contributed by atoms with van der Waals surface area (Å²) < 4.78 is 0. The molecule has 2 fully saturated rings. The average molecular weight is 317 g/mol. The van der Waals surface area contributed by atoms with Gasteiger partial charge in [0.2, 0.25) is 0 Å². The molecule has 0 aliphatic carbocycles. The van der Waals surface area contributed by atoms with Gasteiger partial charge in [-0.2, -0.15) is 0 Å². The standard InChI is InChI=1S/C17H20N2O2S/c1-13-5-7-14(8-6-13)11-15-16(20)19(17(21)22-15)12-18-9-3-2-4-10-18/h5-8,11H,2-4,9-10,12H2,1H3/p+1/b15-11+. The number of quaternary nitrogens is 1. The average Bonchev–Trinajstić information content (AvgIpc) is 2.78.